The third-order valence-electron chi connectivity index (χ3n) is 3.71. The fraction of sp³-hybridized carbons (Fsp3) is 0.462. The van der Waals surface area contributed by atoms with Gasteiger partial charge in [-0.15, -0.1) is 0 Å². The number of aromatic amines is 1. The number of aromatic nitrogens is 3. The van der Waals surface area contributed by atoms with Gasteiger partial charge in [0.1, 0.15) is 17.0 Å². The van der Waals surface area contributed by atoms with Gasteiger partial charge in [0.05, 0.1) is 12.6 Å². The normalized spacial score (nSPS) is 16.6. The number of H-pyrrole nitrogens is 1. The molecule has 18 heavy (non-hydrogen) atoms. The van der Waals surface area contributed by atoms with Crippen molar-refractivity contribution >= 4 is 11.3 Å². The first-order valence-corrected chi connectivity index (χ1v) is 6.22. The third-order valence-corrected chi connectivity index (χ3v) is 3.71. The van der Waals surface area contributed by atoms with Crippen LogP contribution in [0, 0.1) is 17.9 Å². The van der Waals surface area contributed by atoms with Crippen LogP contribution in [-0.4, -0.2) is 14.6 Å². The Morgan fingerprint density at radius 3 is 2.89 bits per heavy atom. The molecule has 1 aliphatic carbocycles. The number of nitrogens with zero attached hydrogens (tertiary/aromatic N) is 4. The van der Waals surface area contributed by atoms with Crippen LogP contribution >= 0.6 is 0 Å². The Morgan fingerprint density at radius 1 is 1.44 bits per heavy atom. The van der Waals surface area contributed by atoms with Gasteiger partial charge in [0, 0.05) is 12.1 Å². The van der Waals surface area contributed by atoms with E-state index in [9.17, 15) is 0 Å². The zero-order chi connectivity index (χ0) is 12.5. The van der Waals surface area contributed by atoms with Gasteiger partial charge >= 0.3 is 0 Å². The average molecular weight is 239 g/mol. The largest absolute Gasteiger partial charge is 0.299 e. The molecule has 2 heterocycles. The highest BCUT2D eigenvalue weighted by Crippen LogP contribution is 2.34. The molecule has 5 heteroatoms. The monoisotopic (exact) mass is 239 g/mol. The lowest BCUT2D eigenvalue weighted by Gasteiger charge is -2.19. The summed E-state index contributed by atoms with van der Waals surface area (Å²) in [5.74, 6) is 1.42. The highest BCUT2D eigenvalue weighted by atomic mass is 15.3. The molecule has 1 fully saturated rings. The van der Waals surface area contributed by atoms with E-state index in [1.165, 1.54) is 19.3 Å². The summed E-state index contributed by atoms with van der Waals surface area (Å²) in [6.45, 7) is 7.10. The van der Waals surface area contributed by atoms with Crippen LogP contribution in [0.3, 0.4) is 0 Å². The molecule has 0 aromatic carbocycles. The second-order valence-electron chi connectivity index (χ2n) is 4.75. The molecule has 2 aromatic heterocycles. The molecule has 0 aliphatic heterocycles. The summed E-state index contributed by atoms with van der Waals surface area (Å²) in [6.07, 6.45) is 7.80. The van der Waals surface area contributed by atoms with Crippen molar-refractivity contribution in [3.63, 3.8) is 0 Å². The van der Waals surface area contributed by atoms with E-state index in [4.69, 9.17) is 11.8 Å². The minimum Gasteiger partial charge on any atom is -0.299 e. The standard InChI is InChI=1S/C13H13N5/c1-15-11-8-18-12(9-5-3-2-4-6-9)16-17-13(18)10(11)7-14/h8-9,17H,2-6H2. The van der Waals surface area contributed by atoms with Crippen molar-refractivity contribution < 1.29 is 0 Å². The second kappa shape index (κ2) is 4.19. The van der Waals surface area contributed by atoms with Gasteiger partial charge in [0.25, 0.3) is 0 Å². The Balaban J connectivity index is 2.12. The van der Waals surface area contributed by atoms with Crippen LogP contribution in [0.15, 0.2) is 6.20 Å². The summed E-state index contributed by atoms with van der Waals surface area (Å²) in [5.41, 5.74) is 1.46. The molecule has 1 saturated carbocycles. The van der Waals surface area contributed by atoms with E-state index in [2.05, 4.69) is 21.1 Å². The van der Waals surface area contributed by atoms with E-state index in [-0.39, 0.29) is 0 Å². The molecule has 1 N–H and O–H groups in total. The van der Waals surface area contributed by atoms with Gasteiger partial charge in [0.15, 0.2) is 0 Å². The van der Waals surface area contributed by atoms with Gasteiger partial charge in [-0.1, -0.05) is 19.3 Å². The molecule has 2 aromatic rings. The van der Waals surface area contributed by atoms with Crippen LogP contribution in [0.2, 0.25) is 0 Å². The molecule has 0 saturated heterocycles. The molecule has 90 valence electrons. The van der Waals surface area contributed by atoms with Crippen LogP contribution < -0.4 is 0 Å². The number of hydrogen-bond donors (Lipinski definition) is 1. The van der Waals surface area contributed by atoms with Gasteiger partial charge in [-0.3, -0.25) is 9.50 Å². The fourth-order valence-corrected chi connectivity index (χ4v) is 2.79. The summed E-state index contributed by atoms with van der Waals surface area (Å²) in [5, 5.41) is 16.4. The maximum atomic E-state index is 9.10. The van der Waals surface area contributed by atoms with Crippen molar-refractivity contribution in [2.24, 2.45) is 0 Å². The molecule has 0 atom stereocenters. The minimum absolute atomic E-state index is 0.402. The predicted molar refractivity (Wildman–Crippen MR) is 66.3 cm³/mol. The van der Waals surface area contributed by atoms with E-state index in [0.29, 0.717) is 22.8 Å². The molecule has 0 spiro atoms. The fourth-order valence-electron chi connectivity index (χ4n) is 2.79. The molecule has 1 aliphatic rings. The van der Waals surface area contributed by atoms with Crippen LogP contribution in [0.4, 0.5) is 5.69 Å². The van der Waals surface area contributed by atoms with Gasteiger partial charge in [-0.2, -0.15) is 10.4 Å². The predicted octanol–water partition coefficient (Wildman–Crippen LogP) is 3.13. The first kappa shape index (κ1) is 10.9. The van der Waals surface area contributed by atoms with Crippen LogP contribution in [0.25, 0.3) is 10.5 Å². The third kappa shape index (κ3) is 1.48. The summed E-state index contributed by atoms with van der Waals surface area (Å²) < 4.78 is 1.89. The Morgan fingerprint density at radius 2 is 2.22 bits per heavy atom. The van der Waals surface area contributed by atoms with E-state index in [1.807, 2.05) is 4.40 Å². The van der Waals surface area contributed by atoms with Gasteiger partial charge < -0.3 is 0 Å². The van der Waals surface area contributed by atoms with Crippen LogP contribution in [0.1, 0.15) is 49.4 Å². The number of nitriles is 1. The smallest absolute Gasteiger partial charge is 0.224 e. The van der Waals surface area contributed by atoms with Gasteiger partial charge in [-0.05, 0) is 12.8 Å². The van der Waals surface area contributed by atoms with Gasteiger partial charge in [-0.25, -0.2) is 4.85 Å². The Labute approximate surface area is 105 Å². The topological polar surface area (TPSA) is 61.2 Å². The molecule has 0 unspecified atom stereocenters. The van der Waals surface area contributed by atoms with Crippen LogP contribution in [-0.2, 0) is 0 Å². The van der Waals surface area contributed by atoms with Crippen molar-refractivity contribution in [2.75, 3.05) is 0 Å². The van der Waals surface area contributed by atoms with E-state index in [1.54, 1.807) is 6.20 Å². The highest BCUT2D eigenvalue weighted by molar-refractivity contribution is 5.72. The summed E-state index contributed by atoms with van der Waals surface area (Å²) in [4.78, 5) is 3.40. The van der Waals surface area contributed by atoms with Crippen molar-refractivity contribution in [3.05, 3.63) is 29.0 Å². The average Bonchev–Trinajstić information content (AvgIpc) is 2.97. The lowest BCUT2D eigenvalue weighted by molar-refractivity contribution is 0.426. The molecule has 5 nitrogen and oxygen atoms in total. The Kier molecular flexibility index (Phi) is 2.53. The second-order valence-corrected chi connectivity index (χ2v) is 4.75. The molecule has 0 radical (unpaired) electrons. The summed E-state index contributed by atoms with van der Waals surface area (Å²) >= 11 is 0. The van der Waals surface area contributed by atoms with E-state index >= 15 is 0 Å². The summed E-state index contributed by atoms with van der Waals surface area (Å²) in [7, 11) is 0. The Hall–Kier alpha value is -2.27. The zero-order valence-electron chi connectivity index (χ0n) is 9.98. The zero-order valence-corrected chi connectivity index (χ0v) is 9.98. The molecular formula is C13H13N5. The maximum Gasteiger partial charge on any atom is 0.224 e. The maximum absolute atomic E-state index is 9.10. The quantitative estimate of drug-likeness (QED) is 0.777. The first-order chi connectivity index (χ1) is 8.85. The van der Waals surface area contributed by atoms with Crippen LogP contribution in [0.5, 0.6) is 0 Å². The van der Waals surface area contributed by atoms with Crippen molar-refractivity contribution in [1.82, 2.24) is 14.6 Å². The minimum atomic E-state index is 0.402. The van der Waals surface area contributed by atoms with E-state index in [0.717, 1.165) is 18.7 Å². The molecule has 3 rings (SSSR count). The lowest BCUT2D eigenvalue weighted by Crippen LogP contribution is -2.08. The van der Waals surface area contributed by atoms with Crippen molar-refractivity contribution in [2.45, 2.75) is 38.0 Å². The SMILES string of the molecule is [C-]#[N+]c1cn2c(C3CCCCC3)n[nH]c2c1C#N. The van der Waals surface area contributed by atoms with E-state index < -0.39 is 0 Å². The number of fused-ring (bicyclic) bond motifs is 1. The lowest BCUT2D eigenvalue weighted by atomic mass is 9.89. The molecule has 0 amide bonds. The van der Waals surface area contributed by atoms with Crippen molar-refractivity contribution in [1.29, 1.82) is 5.26 Å². The summed E-state index contributed by atoms with van der Waals surface area (Å²) in [6, 6.07) is 2.08. The number of hydrogen-bond acceptors (Lipinski definition) is 2. The Bertz CT molecular complexity index is 658. The first-order valence-electron chi connectivity index (χ1n) is 6.22. The number of nitrogens with one attached hydrogen (secondary N) is 1. The number of rotatable bonds is 1. The highest BCUT2D eigenvalue weighted by Gasteiger charge is 2.23. The molecule has 0 bridgehead atoms. The van der Waals surface area contributed by atoms with Gasteiger partial charge in [0.2, 0.25) is 5.69 Å². The molecular weight excluding hydrogens is 226 g/mol. The van der Waals surface area contributed by atoms with Crippen molar-refractivity contribution in [3.8, 4) is 6.07 Å².